The molecular formula is C25H25Cl2N. The Bertz CT molecular complexity index is 886. The molecule has 1 heterocycles. The van der Waals surface area contributed by atoms with Crippen LogP contribution in [0.2, 0.25) is 10.0 Å². The van der Waals surface area contributed by atoms with Gasteiger partial charge in [0.25, 0.3) is 0 Å². The van der Waals surface area contributed by atoms with Gasteiger partial charge in [0.15, 0.2) is 0 Å². The minimum Gasteiger partial charge on any atom is -0.371 e. The molecule has 0 bridgehead atoms. The standard InChI is InChI=1S/C25H25Cl2N/c1-2-15-28-16-3-4-20-17-21(9-14-24(20)28)25(18-5-10-22(26)11-6-18)19-7-12-23(27)13-8-19/h5-14,17,25H,2-4,15-16H2,1H3. The quantitative estimate of drug-likeness (QED) is 0.398. The van der Waals surface area contributed by atoms with Crippen LogP contribution < -0.4 is 4.90 Å². The van der Waals surface area contributed by atoms with E-state index in [9.17, 15) is 0 Å². The topological polar surface area (TPSA) is 3.24 Å². The molecular weight excluding hydrogens is 385 g/mol. The first kappa shape index (κ1) is 19.4. The third-order valence-corrected chi connectivity index (χ3v) is 6.06. The second-order valence-corrected chi connectivity index (χ2v) is 8.39. The van der Waals surface area contributed by atoms with Gasteiger partial charge >= 0.3 is 0 Å². The summed E-state index contributed by atoms with van der Waals surface area (Å²) in [6.07, 6.45) is 3.56. The molecule has 3 heteroatoms. The molecule has 4 rings (SSSR count). The number of benzene rings is 3. The van der Waals surface area contributed by atoms with Crippen molar-refractivity contribution in [3.05, 3.63) is 99.0 Å². The van der Waals surface area contributed by atoms with Crippen LogP contribution in [-0.4, -0.2) is 13.1 Å². The van der Waals surface area contributed by atoms with Crippen molar-refractivity contribution in [2.75, 3.05) is 18.0 Å². The van der Waals surface area contributed by atoms with Gasteiger partial charge in [0.2, 0.25) is 0 Å². The van der Waals surface area contributed by atoms with Crippen LogP contribution in [0.25, 0.3) is 0 Å². The lowest BCUT2D eigenvalue weighted by Crippen LogP contribution is -2.30. The number of nitrogens with zero attached hydrogens (tertiary/aromatic N) is 1. The highest BCUT2D eigenvalue weighted by Crippen LogP contribution is 2.37. The molecule has 0 saturated heterocycles. The van der Waals surface area contributed by atoms with E-state index in [2.05, 4.69) is 54.3 Å². The van der Waals surface area contributed by atoms with Crippen molar-refractivity contribution in [2.24, 2.45) is 0 Å². The summed E-state index contributed by atoms with van der Waals surface area (Å²) in [5, 5.41) is 1.53. The highest BCUT2D eigenvalue weighted by molar-refractivity contribution is 6.30. The highest BCUT2D eigenvalue weighted by atomic mass is 35.5. The summed E-state index contributed by atoms with van der Waals surface area (Å²) in [5.74, 6) is 0.168. The SMILES string of the molecule is CCCN1CCCc2cc(C(c3ccc(Cl)cc3)c3ccc(Cl)cc3)ccc21. The van der Waals surface area contributed by atoms with E-state index in [1.54, 1.807) is 0 Å². The van der Waals surface area contributed by atoms with Gasteiger partial charge in [0, 0.05) is 34.7 Å². The van der Waals surface area contributed by atoms with Crippen LogP contribution in [0.15, 0.2) is 66.7 Å². The van der Waals surface area contributed by atoms with Gasteiger partial charge in [-0.25, -0.2) is 0 Å². The van der Waals surface area contributed by atoms with Gasteiger partial charge in [-0.1, -0.05) is 66.5 Å². The van der Waals surface area contributed by atoms with Crippen LogP contribution >= 0.6 is 23.2 Å². The largest absolute Gasteiger partial charge is 0.371 e. The second kappa shape index (κ2) is 8.59. The second-order valence-electron chi connectivity index (χ2n) is 7.51. The number of hydrogen-bond donors (Lipinski definition) is 0. The summed E-state index contributed by atoms with van der Waals surface area (Å²) in [7, 11) is 0. The van der Waals surface area contributed by atoms with Crippen LogP contribution in [0, 0.1) is 0 Å². The summed E-state index contributed by atoms with van der Waals surface area (Å²) >= 11 is 12.3. The first-order valence-corrected chi connectivity index (χ1v) is 10.8. The van der Waals surface area contributed by atoms with Crippen molar-refractivity contribution in [2.45, 2.75) is 32.1 Å². The highest BCUT2D eigenvalue weighted by Gasteiger charge is 2.21. The zero-order valence-electron chi connectivity index (χ0n) is 16.2. The van der Waals surface area contributed by atoms with Crippen LogP contribution in [0.3, 0.4) is 0 Å². The first-order chi connectivity index (χ1) is 13.7. The summed E-state index contributed by atoms with van der Waals surface area (Å²) < 4.78 is 0. The van der Waals surface area contributed by atoms with E-state index < -0.39 is 0 Å². The molecule has 0 fully saturated rings. The fourth-order valence-corrected chi connectivity index (χ4v) is 4.52. The monoisotopic (exact) mass is 409 g/mol. The summed E-state index contributed by atoms with van der Waals surface area (Å²) in [6.45, 7) is 4.54. The predicted molar refractivity (Wildman–Crippen MR) is 121 cm³/mol. The Hall–Kier alpha value is -1.96. The van der Waals surface area contributed by atoms with E-state index >= 15 is 0 Å². The van der Waals surface area contributed by atoms with Crippen molar-refractivity contribution in [1.29, 1.82) is 0 Å². The fraction of sp³-hybridized carbons (Fsp3) is 0.280. The molecule has 1 aliphatic rings. The van der Waals surface area contributed by atoms with Gasteiger partial charge in [0.1, 0.15) is 0 Å². The molecule has 0 unspecified atom stereocenters. The molecule has 0 aromatic heterocycles. The lowest BCUT2D eigenvalue weighted by atomic mass is 9.83. The van der Waals surface area contributed by atoms with Gasteiger partial charge in [-0.2, -0.15) is 0 Å². The minimum absolute atomic E-state index is 0.168. The van der Waals surface area contributed by atoms with Gasteiger partial charge in [0.05, 0.1) is 0 Å². The normalized spacial score (nSPS) is 13.6. The molecule has 0 radical (unpaired) electrons. The van der Waals surface area contributed by atoms with E-state index in [0.717, 1.165) is 29.6 Å². The maximum atomic E-state index is 6.15. The zero-order valence-corrected chi connectivity index (χ0v) is 17.7. The Kier molecular flexibility index (Phi) is 5.94. The van der Waals surface area contributed by atoms with E-state index in [0.29, 0.717) is 0 Å². The molecule has 1 nitrogen and oxygen atoms in total. The Morgan fingerprint density at radius 3 is 1.96 bits per heavy atom. The van der Waals surface area contributed by atoms with Crippen LogP contribution in [0.1, 0.15) is 47.9 Å². The average molecular weight is 410 g/mol. The molecule has 0 spiro atoms. The summed E-state index contributed by atoms with van der Waals surface area (Å²) in [6, 6.07) is 23.4. The van der Waals surface area contributed by atoms with E-state index in [1.165, 1.54) is 40.8 Å². The Balaban J connectivity index is 1.78. The molecule has 28 heavy (non-hydrogen) atoms. The maximum Gasteiger partial charge on any atom is 0.0406 e. The maximum absolute atomic E-state index is 6.15. The Morgan fingerprint density at radius 1 is 0.821 bits per heavy atom. The number of aryl methyl sites for hydroxylation is 1. The molecule has 0 aliphatic carbocycles. The first-order valence-electron chi connectivity index (χ1n) is 10.0. The lowest BCUT2D eigenvalue weighted by Gasteiger charge is -2.32. The van der Waals surface area contributed by atoms with Crippen LogP contribution in [-0.2, 0) is 6.42 Å². The molecule has 0 N–H and O–H groups in total. The van der Waals surface area contributed by atoms with Crippen molar-refractivity contribution >= 4 is 28.9 Å². The number of anilines is 1. The predicted octanol–water partition coefficient (Wildman–Crippen LogP) is 7.34. The van der Waals surface area contributed by atoms with Crippen molar-refractivity contribution in [3.8, 4) is 0 Å². The average Bonchev–Trinajstić information content (AvgIpc) is 2.71. The van der Waals surface area contributed by atoms with E-state index in [-0.39, 0.29) is 5.92 Å². The van der Waals surface area contributed by atoms with E-state index in [1.807, 2.05) is 24.3 Å². The van der Waals surface area contributed by atoms with Gasteiger partial charge in [-0.3, -0.25) is 0 Å². The molecule has 144 valence electrons. The molecule has 3 aromatic carbocycles. The summed E-state index contributed by atoms with van der Waals surface area (Å²) in [4.78, 5) is 2.53. The molecule has 0 saturated carbocycles. The molecule has 0 amide bonds. The molecule has 3 aromatic rings. The van der Waals surface area contributed by atoms with Gasteiger partial charge in [-0.05, 0) is 71.8 Å². The number of hydrogen-bond acceptors (Lipinski definition) is 1. The van der Waals surface area contributed by atoms with Crippen molar-refractivity contribution in [1.82, 2.24) is 0 Å². The molecule has 1 aliphatic heterocycles. The Labute approximate surface area is 177 Å². The lowest BCUT2D eigenvalue weighted by molar-refractivity contribution is 0.680. The smallest absolute Gasteiger partial charge is 0.0406 e. The summed E-state index contributed by atoms with van der Waals surface area (Å²) in [5.41, 5.74) is 6.68. The van der Waals surface area contributed by atoms with Crippen LogP contribution in [0.5, 0.6) is 0 Å². The van der Waals surface area contributed by atoms with E-state index in [4.69, 9.17) is 23.2 Å². The third kappa shape index (κ3) is 4.06. The number of halogens is 2. The number of rotatable bonds is 5. The molecule has 0 atom stereocenters. The van der Waals surface area contributed by atoms with Crippen molar-refractivity contribution < 1.29 is 0 Å². The zero-order chi connectivity index (χ0) is 19.5. The fourth-order valence-electron chi connectivity index (χ4n) is 4.26. The van der Waals surface area contributed by atoms with Gasteiger partial charge < -0.3 is 4.90 Å². The van der Waals surface area contributed by atoms with Crippen LogP contribution in [0.4, 0.5) is 5.69 Å². The minimum atomic E-state index is 0.168. The van der Waals surface area contributed by atoms with Crippen molar-refractivity contribution in [3.63, 3.8) is 0 Å². The Morgan fingerprint density at radius 2 is 1.39 bits per heavy atom. The number of fused-ring (bicyclic) bond motifs is 1. The van der Waals surface area contributed by atoms with Gasteiger partial charge in [-0.15, -0.1) is 0 Å². The third-order valence-electron chi connectivity index (χ3n) is 5.55.